The number of carbonyl (C=O) groups excluding carboxylic acids is 3. The van der Waals surface area contributed by atoms with Crippen molar-refractivity contribution in [3.8, 4) is 5.75 Å². The number of anilines is 2. The molecule has 0 heterocycles. The molecular weight excluding hydrogens is 580 g/mol. The van der Waals surface area contributed by atoms with E-state index in [1.54, 1.807) is 79.7 Å². The molecule has 44 heavy (non-hydrogen) atoms. The van der Waals surface area contributed by atoms with Crippen LogP contribution in [0.25, 0.3) is 6.08 Å². The molecule has 0 bridgehead atoms. The van der Waals surface area contributed by atoms with Gasteiger partial charge in [-0.2, -0.15) is 0 Å². The number of amides is 3. The van der Waals surface area contributed by atoms with Gasteiger partial charge in [0.15, 0.2) is 0 Å². The number of non-ortho nitro benzene ring substituents is 1. The summed E-state index contributed by atoms with van der Waals surface area (Å²) >= 11 is 1.31. The Hall–Kier alpha value is -5.42. The van der Waals surface area contributed by atoms with Gasteiger partial charge < -0.3 is 20.7 Å². The molecule has 0 spiro atoms. The van der Waals surface area contributed by atoms with Crippen LogP contribution in [0.2, 0.25) is 0 Å². The van der Waals surface area contributed by atoms with Crippen LogP contribution in [-0.4, -0.2) is 34.5 Å². The second-order valence-electron chi connectivity index (χ2n) is 9.38. The van der Waals surface area contributed by atoms with Gasteiger partial charge >= 0.3 is 0 Å². The van der Waals surface area contributed by atoms with E-state index in [4.69, 9.17) is 4.74 Å². The normalized spacial score (nSPS) is 11.6. The molecular formula is C33H30N4O6S. The van der Waals surface area contributed by atoms with Crippen molar-refractivity contribution in [2.45, 2.75) is 24.0 Å². The van der Waals surface area contributed by atoms with Gasteiger partial charge in [-0.1, -0.05) is 36.4 Å². The van der Waals surface area contributed by atoms with E-state index in [0.29, 0.717) is 34.9 Å². The molecule has 0 fully saturated rings. The maximum Gasteiger partial charge on any atom is 0.272 e. The van der Waals surface area contributed by atoms with Crippen LogP contribution in [0.1, 0.15) is 29.8 Å². The van der Waals surface area contributed by atoms with E-state index in [9.17, 15) is 24.5 Å². The van der Waals surface area contributed by atoms with Crippen LogP contribution in [0.5, 0.6) is 5.75 Å². The van der Waals surface area contributed by atoms with Crippen molar-refractivity contribution in [2.75, 3.05) is 17.2 Å². The molecule has 4 aromatic carbocycles. The van der Waals surface area contributed by atoms with E-state index < -0.39 is 22.0 Å². The predicted molar refractivity (Wildman–Crippen MR) is 172 cm³/mol. The van der Waals surface area contributed by atoms with Crippen LogP contribution in [0.4, 0.5) is 17.1 Å². The minimum Gasteiger partial charge on any atom is -0.493 e. The van der Waals surface area contributed by atoms with Crippen LogP contribution >= 0.6 is 11.8 Å². The standard InChI is InChI=1S/C33H30N4O6S/c1-3-43-30-12-8-7-11-24(30)21-29(36-32(39)23-9-5-4-6-10-23)33(40)35-26-15-19-28(20-16-26)44-22(2)31(38)34-25-13-17-27(18-14-25)37(41)42/h4-22H,3H2,1-2H3,(H,34,38)(H,35,40)(H,36,39)/b29-21-. The zero-order chi connectivity index (χ0) is 31.5. The number of nitrogens with one attached hydrogen (secondary N) is 3. The average Bonchev–Trinajstić information content (AvgIpc) is 3.03. The summed E-state index contributed by atoms with van der Waals surface area (Å²) in [6.45, 7) is 4.04. The van der Waals surface area contributed by atoms with Gasteiger partial charge in [-0.25, -0.2) is 0 Å². The Morgan fingerprint density at radius 3 is 2.14 bits per heavy atom. The number of carbonyl (C=O) groups is 3. The summed E-state index contributed by atoms with van der Waals surface area (Å²) in [7, 11) is 0. The highest BCUT2D eigenvalue weighted by molar-refractivity contribution is 8.00. The largest absolute Gasteiger partial charge is 0.493 e. The molecule has 0 aliphatic rings. The minimum atomic E-state index is -0.531. The van der Waals surface area contributed by atoms with Gasteiger partial charge in [-0.05, 0) is 74.5 Å². The zero-order valence-corrected chi connectivity index (χ0v) is 24.8. The van der Waals surface area contributed by atoms with Gasteiger partial charge in [-0.3, -0.25) is 24.5 Å². The number of ether oxygens (including phenoxy) is 1. The highest BCUT2D eigenvalue weighted by Gasteiger charge is 2.18. The molecule has 1 atom stereocenters. The van der Waals surface area contributed by atoms with Gasteiger partial charge in [-0.15, -0.1) is 11.8 Å². The lowest BCUT2D eigenvalue weighted by molar-refractivity contribution is -0.384. The van der Waals surface area contributed by atoms with Crippen molar-refractivity contribution in [2.24, 2.45) is 0 Å². The number of nitro benzene ring substituents is 1. The monoisotopic (exact) mass is 610 g/mol. The molecule has 11 heteroatoms. The van der Waals surface area contributed by atoms with Crippen LogP contribution in [0.15, 0.2) is 114 Å². The van der Waals surface area contributed by atoms with Crippen LogP contribution in [0, 0.1) is 10.1 Å². The van der Waals surface area contributed by atoms with E-state index in [-0.39, 0.29) is 17.3 Å². The Kier molecular flexibility index (Phi) is 10.9. The first-order chi connectivity index (χ1) is 21.2. The summed E-state index contributed by atoms with van der Waals surface area (Å²) in [5, 5.41) is 18.7. The Morgan fingerprint density at radius 1 is 0.864 bits per heavy atom. The Bertz CT molecular complexity index is 1660. The van der Waals surface area contributed by atoms with Gasteiger partial charge in [0.05, 0.1) is 16.8 Å². The molecule has 0 saturated heterocycles. The van der Waals surface area contributed by atoms with Crippen LogP contribution in [0.3, 0.4) is 0 Å². The summed E-state index contributed by atoms with van der Waals surface area (Å²) in [5.74, 6) is -0.662. The number of nitrogens with zero attached hydrogens (tertiary/aromatic N) is 1. The molecule has 0 aromatic heterocycles. The van der Waals surface area contributed by atoms with Crippen molar-refractivity contribution in [1.82, 2.24) is 5.32 Å². The third-order valence-electron chi connectivity index (χ3n) is 6.19. The average molecular weight is 611 g/mol. The molecule has 0 radical (unpaired) electrons. The van der Waals surface area contributed by atoms with Gasteiger partial charge in [0, 0.05) is 39.5 Å². The fourth-order valence-electron chi connectivity index (χ4n) is 3.97. The lowest BCUT2D eigenvalue weighted by atomic mass is 10.1. The number of hydrogen-bond donors (Lipinski definition) is 3. The summed E-state index contributed by atoms with van der Waals surface area (Å²) < 4.78 is 5.69. The Morgan fingerprint density at radius 2 is 1.48 bits per heavy atom. The smallest absolute Gasteiger partial charge is 0.272 e. The quantitative estimate of drug-likeness (QED) is 0.0718. The fourth-order valence-corrected chi connectivity index (χ4v) is 4.84. The number of thioether (sulfide) groups is 1. The van der Waals surface area contributed by atoms with Crippen molar-refractivity contribution < 1.29 is 24.0 Å². The predicted octanol–water partition coefficient (Wildman–Crippen LogP) is 6.52. The maximum atomic E-state index is 13.4. The molecule has 3 amide bonds. The first kappa shape index (κ1) is 31.5. The lowest BCUT2D eigenvalue weighted by Gasteiger charge is -2.14. The van der Waals surface area contributed by atoms with E-state index in [1.807, 2.05) is 19.1 Å². The number of benzene rings is 4. The SMILES string of the molecule is CCOc1ccccc1/C=C(\NC(=O)c1ccccc1)C(=O)Nc1ccc(SC(C)C(=O)Nc2ccc([N+](=O)[O-])cc2)cc1. The number of nitro groups is 1. The van der Waals surface area contributed by atoms with E-state index >= 15 is 0 Å². The Labute approximate surface area is 258 Å². The highest BCUT2D eigenvalue weighted by Crippen LogP contribution is 2.27. The second-order valence-corrected chi connectivity index (χ2v) is 10.8. The van der Waals surface area contributed by atoms with Gasteiger partial charge in [0.1, 0.15) is 11.4 Å². The Balaban J connectivity index is 1.44. The molecule has 0 saturated carbocycles. The van der Waals surface area contributed by atoms with Gasteiger partial charge in [0.2, 0.25) is 5.91 Å². The molecule has 4 rings (SSSR count). The third kappa shape index (κ3) is 8.79. The topological polar surface area (TPSA) is 140 Å². The zero-order valence-electron chi connectivity index (χ0n) is 24.0. The molecule has 10 nitrogen and oxygen atoms in total. The van der Waals surface area contributed by atoms with Crippen molar-refractivity contribution >= 4 is 52.6 Å². The fraction of sp³-hybridized carbons (Fsp3) is 0.121. The van der Waals surface area contributed by atoms with Crippen molar-refractivity contribution in [3.05, 3.63) is 130 Å². The molecule has 0 aliphatic carbocycles. The van der Waals surface area contributed by atoms with Crippen molar-refractivity contribution in [1.29, 1.82) is 0 Å². The highest BCUT2D eigenvalue weighted by atomic mass is 32.2. The first-order valence-corrected chi connectivity index (χ1v) is 14.5. The number of rotatable bonds is 12. The molecule has 1 unspecified atom stereocenters. The molecule has 0 aliphatic heterocycles. The van der Waals surface area contributed by atoms with Crippen LogP contribution in [-0.2, 0) is 9.59 Å². The number of hydrogen-bond acceptors (Lipinski definition) is 7. The summed E-state index contributed by atoms with van der Waals surface area (Å²) in [6, 6.07) is 28.3. The molecule has 224 valence electrons. The summed E-state index contributed by atoms with van der Waals surface area (Å²) in [6.07, 6.45) is 1.57. The second kappa shape index (κ2) is 15.2. The molecule has 3 N–H and O–H groups in total. The maximum absolute atomic E-state index is 13.4. The van der Waals surface area contributed by atoms with Crippen LogP contribution < -0.4 is 20.7 Å². The van der Waals surface area contributed by atoms with E-state index in [0.717, 1.165) is 4.90 Å². The third-order valence-corrected chi connectivity index (χ3v) is 7.30. The summed E-state index contributed by atoms with van der Waals surface area (Å²) in [4.78, 5) is 50.1. The van der Waals surface area contributed by atoms with E-state index in [2.05, 4.69) is 16.0 Å². The van der Waals surface area contributed by atoms with Crippen molar-refractivity contribution in [3.63, 3.8) is 0 Å². The lowest BCUT2D eigenvalue weighted by Crippen LogP contribution is -2.30. The molecule has 4 aromatic rings. The number of para-hydroxylation sites is 1. The summed E-state index contributed by atoms with van der Waals surface area (Å²) in [5.41, 5.74) is 1.94. The van der Waals surface area contributed by atoms with E-state index in [1.165, 1.54) is 36.0 Å². The van der Waals surface area contributed by atoms with Gasteiger partial charge in [0.25, 0.3) is 17.5 Å². The first-order valence-electron chi connectivity index (χ1n) is 13.7. The minimum absolute atomic E-state index is 0.0287.